The topological polar surface area (TPSA) is 43.6 Å². The van der Waals surface area contributed by atoms with E-state index in [1.54, 1.807) is 0 Å². The highest BCUT2D eigenvalue weighted by Gasteiger charge is 2.26. The minimum atomic E-state index is 0.302. The fourth-order valence-corrected chi connectivity index (χ4v) is 2.26. The van der Waals surface area contributed by atoms with Gasteiger partial charge in [0.25, 0.3) is 0 Å². The molecule has 0 saturated heterocycles. The summed E-state index contributed by atoms with van der Waals surface area (Å²) in [5, 5.41) is 4.60. The number of hydrogen-bond donors (Lipinski definition) is 0. The van der Waals surface area contributed by atoms with Crippen molar-refractivity contribution in [1.29, 1.82) is 0 Å². The molecule has 0 aromatic carbocycles. The first-order valence-corrected chi connectivity index (χ1v) is 7.20. The van der Waals surface area contributed by atoms with Crippen molar-refractivity contribution in [3.63, 3.8) is 0 Å². The normalized spacial score (nSPS) is 15.2. The Labute approximate surface area is 117 Å². The van der Waals surface area contributed by atoms with Gasteiger partial charge in [-0.05, 0) is 18.9 Å². The van der Waals surface area contributed by atoms with Crippen molar-refractivity contribution < 1.29 is 0 Å². The van der Waals surface area contributed by atoms with Gasteiger partial charge >= 0.3 is 0 Å². The number of aromatic nitrogens is 4. The van der Waals surface area contributed by atoms with Crippen molar-refractivity contribution in [3.8, 4) is 5.69 Å². The van der Waals surface area contributed by atoms with Crippen LogP contribution >= 0.6 is 11.6 Å². The lowest BCUT2D eigenvalue weighted by atomic mass is 10.2. The molecule has 2 heterocycles. The van der Waals surface area contributed by atoms with E-state index in [2.05, 4.69) is 35.0 Å². The van der Waals surface area contributed by atoms with E-state index >= 15 is 0 Å². The summed E-state index contributed by atoms with van der Waals surface area (Å²) in [5.41, 5.74) is 2.88. The largest absolute Gasteiger partial charge is 0.239 e. The van der Waals surface area contributed by atoms with Gasteiger partial charge in [-0.2, -0.15) is 5.10 Å². The predicted molar refractivity (Wildman–Crippen MR) is 74.8 cm³/mol. The van der Waals surface area contributed by atoms with E-state index in [1.165, 1.54) is 12.8 Å². The molecule has 2 aromatic heterocycles. The zero-order valence-electron chi connectivity index (χ0n) is 11.2. The Morgan fingerprint density at radius 1 is 1.42 bits per heavy atom. The Hall–Kier alpha value is -1.42. The summed E-state index contributed by atoms with van der Waals surface area (Å²) in [5.74, 6) is 2.15. The standard InChI is InChI=1S/C14H17ClN4/c1-9(2)14-16-8-13(12(7-15)17-14)19-6-5-11(18-19)10-3-4-10/h5-6,8-10H,3-4,7H2,1-2H3. The third-order valence-corrected chi connectivity index (χ3v) is 3.61. The summed E-state index contributed by atoms with van der Waals surface area (Å²) in [6, 6.07) is 2.08. The van der Waals surface area contributed by atoms with Gasteiger partial charge in [-0.15, -0.1) is 11.6 Å². The van der Waals surface area contributed by atoms with Gasteiger partial charge < -0.3 is 0 Å². The Kier molecular flexibility index (Phi) is 3.27. The van der Waals surface area contributed by atoms with Crippen LogP contribution in [0.5, 0.6) is 0 Å². The second-order valence-corrected chi connectivity index (χ2v) is 5.58. The van der Waals surface area contributed by atoms with Crippen LogP contribution in [0.2, 0.25) is 0 Å². The molecule has 0 amide bonds. The van der Waals surface area contributed by atoms with Crippen molar-refractivity contribution >= 4 is 11.6 Å². The Balaban J connectivity index is 1.97. The van der Waals surface area contributed by atoms with Crippen LogP contribution in [-0.2, 0) is 5.88 Å². The number of halogens is 1. The fourth-order valence-electron chi connectivity index (χ4n) is 2.06. The minimum absolute atomic E-state index is 0.302. The Bertz CT molecular complexity index is 587. The second-order valence-electron chi connectivity index (χ2n) is 5.31. The van der Waals surface area contributed by atoms with E-state index < -0.39 is 0 Å². The van der Waals surface area contributed by atoms with Crippen molar-refractivity contribution in [2.45, 2.75) is 44.4 Å². The van der Waals surface area contributed by atoms with Gasteiger partial charge in [-0.1, -0.05) is 13.8 Å². The lowest BCUT2D eigenvalue weighted by Gasteiger charge is -2.09. The summed E-state index contributed by atoms with van der Waals surface area (Å²) >= 11 is 6.01. The van der Waals surface area contributed by atoms with E-state index in [4.69, 9.17) is 11.6 Å². The molecule has 100 valence electrons. The van der Waals surface area contributed by atoms with Gasteiger partial charge in [0, 0.05) is 18.0 Å². The monoisotopic (exact) mass is 276 g/mol. The van der Waals surface area contributed by atoms with Crippen LogP contribution in [0, 0.1) is 0 Å². The van der Waals surface area contributed by atoms with E-state index in [0.717, 1.165) is 22.9 Å². The third kappa shape index (κ3) is 2.50. The first-order chi connectivity index (χ1) is 9.19. The molecule has 0 aliphatic heterocycles. The molecule has 1 aliphatic carbocycles. The maximum absolute atomic E-state index is 6.01. The molecule has 1 fully saturated rings. The third-order valence-electron chi connectivity index (χ3n) is 3.36. The minimum Gasteiger partial charge on any atom is -0.239 e. The highest BCUT2D eigenvalue weighted by atomic mass is 35.5. The molecular weight excluding hydrogens is 260 g/mol. The molecule has 0 atom stereocenters. The van der Waals surface area contributed by atoms with Gasteiger partial charge in [-0.25, -0.2) is 14.6 Å². The van der Waals surface area contributed by atoms with Gasteiger partial charge in [0.2, 0.25) is 0 Å². The highest BCUT2D eigenvalue weighted by Crippen LogP contribution is 2.39. The molecule has 0 unspecified atom stereocenters. The molecule has 19 heavy (non-hydrogen) atoms. The van der Waals surface area contributed by atoms with E-state index in [-0.39, 0.29) is 0 Å². The summed E-state index contributed by atoms with van der Waals surface area (Å²) in [6.45, 7) is 4.15. The Morgan fingerprint density at radius 2 is 2.21 bits per heavy atom. The van der Waals surface area contributed by atoms with Gasteiger partial charge in [-0.3, -0.25) is 0 Å². The van der Waals surface area contributed by atoms with Crippen LogP contribution in [0.15, 0.2) is 18.5 Å². The molecule has 0 bridgehead atoms. The molecule has 3 rings (SSSR count). The molecule has 1 saturated carbocycles. The molecule has 1 aliphatic rings. The fraction of sp³-hybridized carbons (Fsp3) is 0.500. The predicted octanol–water partition coefficient (Wildman–Crippen LogP) is 3.40. The van der Waals surface area contributed by atoms with Crippen molar-refractivity contribution in [2.75, 3.05) is 0 Å². The summed E-state index contributed by atoms with van der Waals surface area (Å²) in [6.07, 6.45) is 6.30. The van der Waals surface area contributed by atoms with Crippen LogP contribution in [0.3, 0.4) is 0 Å². The number of rotatable bonds is 4. The average Bonchev–Trinajstić information content (AvgIpc) is 3.16. The van der Waals surface area contributed by atoms with Gasteiger partial charge in [0.1, 0.15) is 11.5 Å². The van der Waals surface area contributed by atoms with E-state index in [9.17, 15) is 0 Å². The zero-order chi connectivity index (χ0) is 13.4. The molecule has 0 radical (unpaired) electrons. The van der Waals surface area contributed by atoms with Crippen molar-refractivity contribution in [2.24, 2.45) is 0 Å². The van der Waals surface area contributed by atoms with E-state index in [1.807, 2.05) is 17.1 Å². The summed E-state index contributed by atoms with van der Waals surface area (Å²) in [7, 11) is 0. The first-order valence-electron chi connectivity index (χ1n) is 6.66. The van der Waals surface area contributed by atoms with Crippen molar-refractivity contribution in [1.82, 2.24) is 19.7 Å². The molecule has 2 aromatic rings. The lowest BCUT2D eigenvalue weighted by molar-refractivity contribution is 0.745. The van der Waals surface area contributed by atoms with Crippen LogP contribution < -0.4 is 0 Å². The van der Waals surface area contributed by atoms with Crippen LogP contribution in [0.4, 0.5) is 0 Å². The number of alkyl halides is 1. The average molecular weight is 277 g/mol. The molecule has 0 N–H and O–H groups in total. The smallest absolute Gasteiger partial charge is 0.131 e. The molecule has 5 heteroatoms. The zero-order valence-corrected chi connectivity index (χ0v) is 11.9. The first kappa shape index (κ1) is 12.6. The van der Waals surface area contributed by atoms with Gasteiger partial charge in [0.15, 0.2) is 0 Å². The molecular formula is C14H17ClN4. The number of nitrogens with zero attached hydrogens (tertiary/aromatic N) is 4. The van der Waals surface area contributed by atoms with Gasteiger partial charge in [0.05, 0.1) is 23.5 Å². The molecule has 4 nitrogen and oxygen atoms in total. The van der Waals surface area contributed by atoms with Crippen LogP contribution in [-0.4, -0.2) is 19.7 Å². The maximum atomic E-state index is 6.01. The maximum Gasteiger partial charge on any atom is 0.131 e. The Morgan fingerprint density at radius 3 is 2.84 bits per heavy atom. The lowest BCUT2D eigenvalue weighted by Crippen LogP contribution is -2.07. The SMILES string of the molecule is CC(C)c1ncc(-n2ccc(C3CC3)n2)c(CCl)n1. The molecule has 0 spiro atoms. The summed E-state index contributed by atoms with van der Waals surface area (Å²) in [4.78, 5) is 8.94. The highest BCUT2D eigenvalue weighted by molar-refractivity contribution is 6.17. The van der Waals surface area contributed by atoms with E-state index in [0.29, 0.717) is 17.7 Å². The second kappa shape index (κ2) is 4.93. The summed E-state index contributed by atoms with van der Waals surface area (Å²) < 4.78 is 1.84. The van der Waals surface area contributed by atoms with Crippen molar-refractivity contribution in [3.05, 3.63) is 35.7 Å². The quantitative estimate of drug-likeness (QED) is 0.804. The number of hydrogen-bond acceptors (Lipinski definition) is 3. The van der Waals surface area contributed by atoms with Crippen LogP contribution in [0.1, 0.15) is 55.7 Å². The van der Waals surface area contributed by atoms with Crippen LogP contribution in [0.25, 0.3) is 5.69 Å².